The van der Waals surface area contributed by atoms with E-state index >= 15 is 0 Å². The molecule has 6 nitrogen and oxygen atoms in total. The highest BCUT2D eigenvalue weighted by Gasteiger charge is 2.15. The first-order chi connectivity index (χ1) is 8.56. The Hall–Kier alpha value is -1.95. The number of benzene rings is 1. The van der Waals surface area contributed by atoms with Crippen molar-refractivity contribution in [2.75, 3.05) is 32.5 Å². The monoisotopic (exact) mass is 249 g/mol. The molecule has 0 unspecified atom stereocenters. The zero-order valence-electron chi connectivity index (χ0n) is 10.9. The van der Waals surface area contributed by atoms with Crippen LogP contribution >= 0.6 is 0 Å². The van der Waals surface area contributed by atoms with Crippen molar-refractivity contribution < 1.29 is 9.53 Å². The Balaban J connectivity index is 2.27. The molecular formula is C12H19N5O+2. The van der Waals surface area contributed by atoms with E-state index in [-0.39, 0.29) is 0 Å². The van der Waals surface area contributed by atoms with Crippen LogP contribution in [0.1, 0.15) is 5.56 Å². The van der Waals surface area contributed by atoms with Gasteiger partial charge in [0.1, 0.15) is 0 Å². The molecule has 0 fully saturated rings. The zero-order valence-corrected chi connectivity index (χ0v) is 10.9. The molecule has 6 heteroatoms. The third-order valence-electron chi connectivity index (χ3n) is 2.70. The van der Waals surface area contributed by atoms with Crippen molar-refractivity contribution in [2.24, 2.45) is 0 Å². The highest BCUT2D eigenvalue weighted by Crippen LogP contribution is 2.06. The number of hydrogen-bond acceptors (Lipinski definition) is 3. The van der Waals surface area contributed by atoms with Crippen LogP contribution in [-0.4, -0.2) is 37.2 Å². The van der Waals surface area contributed by atoms with Crippen molar-refractivity contribution in [1.82, 2.24) is 10.00 Å². The number of fused-ring (bicyclic) bond motifs is 1. The van der Waals surface area contributed by atoms with Crippen LogP contribution in [0.5, 0.6) is 0 Å². The molecule has 0 radical (unpaired) electrons. The van der Waals surface area contributed by atoms with Gasteiger partial charge in [-0.05, 0) is 32.6 Å². The van der Waals surface area contributed by atoms with Crippen LogP contribution in [0.3, 0.4) is 0 Å². The first kappa shape index (κ1) is 12.5. The van der Waals surface area contributed by atoms with Crippen molar-refractivity contribution in [3.8, 4) is 0 Å². The molecule has 2 rings (SSSR count). The lowest BCUT2D eigenvalue weighted by Gasteiger charge is -2.06. The Kier molecular flexibility index (Phi) is 3.57. The van der Waals surface area contributed by atoms with E-state index in [2.05, 4.69) is 20.3 Å². The molecule has 0 atom stereocenters. The number of nitrogens with zero attached hydrogens (tertiary/aromatic N) is 2. The molecule has 0 saturated carbocycles. The van der Waals surface area contributed by atoms with Crippen LogP contribution in [0.25, 0.3) is 11.0 Å². The normalized spacial score (nSPS) is 11.1. The minimum absolute atomic E-state index is 0.596. The van der Waals surface area contributed by atoms with Gasteiger partial charge in [-0.1, -0.05) is 6.07 Å². The van der Waals surface area contributed by atoms with Crippen LogP contribution < -0.4 is 14.8 Å². The van der Waals surface area contributed by atoms with Crippen LogP contribution in [0, 0.1) is 11.8 Å². The second kappa shape index (κ2) is 5.14. The van der Waals surface area contributed by atoms with Gasteiger partial charge < -0.3 is 4.90 Å². The Morgan fingerprint density at radius 2 is 2.22 bits per heavy atom. The van der Waals surface area contributed by atoms with Gasteiger partial charge >= 0.3 is 11.5 Å². The van der Waals surface area contributed by atoms with Gasteiger partial charge in [-0.2, -0.15) is 0 Å². The number of H-pyrrole nitrogens is 2. The Morgan fingerprint density at radius 1 is 1.44 bits per heavy atom. The predicted molar refractivity (Wildman–Crippen MR) is 70.0 cm³/mol. The van der Waals surface area contributed by atoms with Crippen molar-refractivity contribution >= 4 is 17.0 Å². The number of likely N-dealkylation sites (N-methyl/N-ethyl adjacent to an activating group) is 1. The molecule has 0 aliphatic rings. The molecule has 3 N–H and O–H groups in total. The van der Waals surface area contributed by atoms with Crippen molar-refractivity contribution in [2.45, 2.75) is 6.92 Å². The fourth-order valence-corrected chi connectivity index (χ4v) is 1.74. The number of hydrogen-bond donors (Lipinski definition) is 2. The number of rotatable bonds is 4. The average molecular weight is 249 g/mol. The number of nitrogens with one attached hydrogen (secondary N) is 3. The summed E-state index contributed by atoms with van der Waals surface area (Å²) in [6.07, 6.45) is 0. The van der Waals surface area contributed by atoms with Crippen LogP contribution in [0.2, 0.25) is 0 Å². The third-order valence-corrected chi connectivity index (χ3v) is 2.70. The lowest BCUT2D eigenvalue weighted by Crippen LogP contribution is -2.32. The van der Waals surface area contributed by atoms with Crippen molar-refractivity contribution in [1.29, 1.82) is 0 Å². The second-order valence-corrected chi connectivity index (χ2v) is 4.66. The summed E-state index contributed by atoms with van der Waals surface area (Å²) in [7, 11) is 4.01. The summed E-state index contributed by atoms with van der Waals surface area (Å²) in [5.74, 6) is 0.616. The van der Waals surface area contributed by atoms with Gasteiger partial charge in [-0.15, -0.1) is 0 Å². The molecule has 0 saturated heterocycles. The molecule has 0 aliphatic heterocycles. The van der Waals surface area contributed by atoms with Gasteiger partial charge in [-0.3, -0.25) is 5.32 Å². The fourth-order valence-electron chi connectivity index (χ4n) is 1.74. The summed E-state index contributed by atoms with van der Waals surface area (Å²) in [5, 5.41) is 5.87. The molecule has 18 heavy (non-hydrogen) atoms. The van der Waals surface area contributed by atoms with Crippen molar-refractivity contribution in [3.05, 3.63) is 28.7 Å². The highest BCUT2D eigenvalue weighted by atomic mass is 16.3. The molecular weight excluding hydrogens is 230 g/mol. The van der Waals surface area contributed by atoms with Gasteiger partial charge in [-0.25, -0.2) is 4.98 Å². The molecule has 1 aromatic carbocycles. The maximum absolute atomic E-state index is 11.8. The Morgan fingerprint density at radius 3 is 2.94 bits per heavy atom. The molecule has 2 aromatic rings. The summed E-state index contributed by atoms with van der Waals surface area (Å²) in [5.41, 5.74) is 2.53. The van der Waals surface area contributed by atoms with E-state index in [0.29, 0.717) is 11.5 Å². The third kappa shape index (κ3) is 2.84. The molecule has 1 heterocycles. The van der Waals surface area contributed by atoms with E-state index in [1.54, 1.807) is 6.07 Å². The minimum atomic E-state index is 0.596. The van der Waals surface area contributed by atoms with E-state index in [0.717, 1.165) is 28.7 Å². The largest absolute Gasteiger partial charge is 0.410 e. The van der Waals surface area contributed by atoms with Crippen molar-refractivity contribution in [3.63, 3.8) is 0 Å². The maximum atomic E-state index is 11.8. The van der Waals surface area contributed by atoms with Gasteiger partial charge in [0, 0.05) is 17.7 Å². The van der Waals surface area contributed by atoms with E-state index in [9.17, 15) is 4.91 Å². The molecule has 96 valence electrons. The molecule has 0 bridgehead atoms. The number of aryl methyl sites for hydroxylation is 1. The average Bonchev–Trinajstić information content (AvgIpc) is 2.27. The Bertz CT molecular complexity index is 605. The summed E-state index contributed by atoms with van der Waals surface area (Å²) >= 11 is 0. The number of aromatic nitrogens is 3. The predicted octanol–water partition coefficient (Wildman–Crippen LogP) is 0.178. The molecule has 0 aliphatic carbocycles. The number of anilines is 1. The maximum Gasteiger partial charge on any atom is 0.410 e. The van der Waals surface area contributed by atoms with E-state index < -0.39 is 0 Å². The number of aromatic amines is 2. The molecule has 0 spiro atoms. The molecule has 1 aromatic heterocycles. The first-order valence-corrected chi connectivity index (χ1v) is 5.93. The van der Waals surface area contributed by atoms with Gasteiger partial charge in [0.15, 0.2) is 5.52 Å². The quantitative estimate of drug-likeness (QED) is 0.759. The summed E-state index contributed by atoms with van der Waals surface area (Å²) in [6, 6.07) is 5.67. The van der Waals surface area contributed by atoms with E-state index in [4.69, 9.17) is 0 Å². The fraction of sp³-hybridized carbons (Fsp3) is 0.417. The lowest BCUT2D eigenvalue weighted by atomic mass is 10.2. The highest BCUT2D eigenvalue weighted by molar-refractivity contribution is 5.67. The minimum Gasteiger partial charge on any atom is -0.306 e. The van der Waals surface area contributed by atoms with Gasteiger partial charge in [0.2, 0.25) is 4.54 Å². The summed E-state index contributed by atoms with van der Waals surface area (Å²) in [6.45, 7) is 3.65. The smallest absolute Gasteiger partial charge is 0.306 e. The second-order valence-electron chi connectivity index (χ2n) is 4.66. The zero-order chi connectivity index (χ0) is 13.1. The summed E-state index contributed by atoms with van der Waals surface area (Å²) < 4.78 is 0.767. The standard InChI is InChI=1S/C12H18N5O/c1-9-4-5-11-10(8-9)14-12(15-17(11)18)13-6-7-16(2)3/h4-5,8H,6-7H2,1-3H3,(H2,13,14,15,18)/q+1/p+1. The van der Waals surface area contributed by atoms with Crippen LogP contribution in [0.15, 0.2) is 18.2 Å². The first-order valence-electron chi connectivity index (χ1n) is 5.93. The van der Waals surface area contributed by atoms with Crippen LogP contribution in [0.4, 0.5) is 5.95 Å². The lowest BCUT2D eigenvalue weighted by molar-refractivity contribution is -0.552. The van der Waals surface area contributed by atoms with Crippen LogP contribution in [-0.2, 0) is 0 Å². The van der Waals surface area contributed by atoms with Gasteiger partial charge in [0.05, 0.1) is 11.5 Å². The van der Waals surface area contributed by atoms with E-state index in [1.807, 2.05) is 33.2 Å². The molecule has 0 amide bonds. The topological polar surface area (TPSA) is 68.2 Å². The Labute approximate surface area is 105 Å². The van der Waals surface area contributed by atoms with Gasteiger partial charge in [0.25, 0.3) is 0 Å². The summed E-state index contributed by atoms with van der Waals surface area (Å²) in [4.78, 5) is 17.0. The SMILES string of the molecule is Cc1ccc2c(c1)[nH+]c(NCCN(C)C)[nH][n+]2=O. The van der Waals surface area contributed by atoms with E-state index in [1.165, 1.54) is 0 Å².